The van der Waals surface area contributed by atoms with Gasteiger partial charge < -0.3 is 4.74 Å². The first-order chi connectivity index (χ1) is 8.85. The lowest BCUT2D eigenvalue weighted by molar-refractivity contribution is -0.146. The monoisotopic (exact) mass is 304 g/mol. The Balaban J connectivity index is 2.72. The van der Waals surface area contributed by atoms with Gasteiger partial charge in [-0.05, 0) is 18.6 Å². The number of benzene rings is 1. The van der Waals surface area contributed by atoms with Crippen molar-refractivity contribution >= 4 is 27.4 Å². The van der Waals surface area contributed by atoms with Crippen molar-refractivity contribution in [2.75, 3.05) is 12.4 Å². The van der Waals surface area contributed by atoms with Gasteiger partial charge in [0.1, 0.15) is 0 Å². The molecule has 0 aliphatic rings. The summed E-state index contributed by atoms with van der Waals surface area (Å²) in [6.07, 6.45) is 0. The highest BCUT2D eigenvalue weighted by Crippen LogP contribution is 2.19. The number of carbonyl (C=O) groups excluding carboxylic acids is 1. The van der Waals surface area contributed by atoms with Gasteiger partial charge >= 0.3 is 5.97 Å². The van der Waals surface area contributed by atoms with E-state index in [1.54, 1.807) is 38.1 Å². The van der Waals surface area contributed by atoms with Crippen LogP contribution in [-0.4, -0.2) is 26.7 Å². The van der Waals surface area contributed by atoms with Crippen molar-refractivity contribution in [1.82, 2.24) is 0 Å². The topological polar surface area (TPSA) is 60.4 Å². The van der Waals surface area contributed by atoms with Crippen LogP contribution >= 0.6 is 11.6 Å². The zero-order valence-corrected chi connectivity index (χ0v) is 12.5. The standard InChI is InChI=1S/C13H17ClO4S/c1-3-18-13(15)10(2)8-19(16,17)9-11-6-4-5-7-12(11)14/h4-7,10H,3,8-9H2,1-2H3. The molecule has 0 bridgehead atoms. The highest BCUT2D eigenvalue weighted by atomic mass is 35.5. The van der Waals surface area contributed by atoms with Gasteiger partial charge in [-0.3, -0.25) is 4.79 Å². The summed E-state index contributed by atoms with van der Waals surface area (Å²) in [5, 5.41) is 0.412. The molecule has 1 unspecified atom stereocenters. The SMILES string of the molecule is CCOC(=O)C(C)CS(=O)(=O)Cc1ccccc1Cl. The van der Waals surface area contributed by atoms with Crippen molar-refractivity contribution in [2.45, 2.75) is 19.6 Å². The molecule has 106 valence electrons. The molecule has 0 saturated heterocycles. The Morgan fingerprint density at radius 1 is 1.37 bits per heavy atom. The van der Waals surface area contributed by atoms with E-state index in [0.29, 0.717) is 10.6 Å². The maximum Gasteiger partial charge on any atom is 0.309 e. The number of halogens is 1. The van der Waals surface area contributed by atoms with Crippen molar-refractivity contribution in [3.8, 4) is 0 Å². The van der Waals surface area contributed by atoms with Gasteiger partial charge in [0.25, 0.3) is 0 Å². The average molecular weight is 305 g/mol. The van der Waals surface area contributed by atoms with Crippen LogP contribution in [0.5, 0.6) is 0 Å². The number of hydrogen-bond donors (Lipinski definition) is 0. The molecule has 4 nitrogen and oxygen atoms in total. The van der Waals surface area contributed by atoms with Gasteiger partial charge in [-0.2, -0.15) is 0 Å². The molecule has 0 saturated carbocycles. The quantitative estimate of drug-likeness (QED) is 0.757. The van der Waals surface area contributed by atoms with Gasteiger partial charge in [0.2, 0.25) is 0 Å². The number of ether oxygens (including phenoxy) is 1. The predicted molar refractivity (Wildman–Crippen MR) is 74.7 cm³/mol. The normalized spacial score (nSPS) is 13.0. The average Bonchev–Trinajstić information content (AvgIpc) is 2.31. The first kappa shape index (κ1) is 16.0. The molecule has 0 aromatic heterocycles. The fraction of sp³-hybridized carbons (Fsp3) is 0.462. The molecule has 0 spiro atoms. The largest absolute Gasteiger partial charge is 0.466 e. The predicted octanol–water partition coefficient (Wildman–Crippen LogP) is 2.45. The van der Waals surface area contributed by atoms with Crippen molar-refractivity contribution in [3.05, 3.63) is 34.9 Å². The molecule has 1 atom stereocenters. The van der Waals surface area contributed by atoms with Gasteiger partial charge in [-0.15, -0.1) is 0 Å². The lowest BCUT2D eigenvalue weighted by atomic mass is 10.2. The third-order valence-corrected chi connectivity index (χ3v) is 4.65. The summed E-state index contributed by atoms with van der Waals surface area (Å²) in [5.74, 6) is -1.58. The highest BCUT2D eigenvalue weighted by Gasteiger charge is 2.23. The minimum Gasteiger partial charge on any atom is -0.466 e. The van der Waals surface area contributed by atoms with Crippen molar-refractivity contribution in [3.63, 3.8) is 0 Å². The number of esters is 1. The number of sulfone groups is 1. The molecular weight excluding hydrogens is 288 g/mol. The minimum atomic E-state index is -3.40. The Kier molecular flexibility index (Phi) is 5.82. The summed E-state index contributed by atoms with van der Waals surface area (Å²) in [6, 6.07) is 6.77. The third-order valence-electron chi connectivity index (χ3n) is 2.53. The zero-order valence-electron chi connectivity index (χ0n) is 10.9. The van der Waals surface area contributed by atoms with Crippen LogP contribution < -0.4 is 0 Å². The van der Waals surface area contributed by atoms with Crippen molar-refractivity contribution < 1.29 is 17.9 Å². The Morgan fingerprint density at radius 3 is 2.58 bits per heavy atom. The summed E-state index contributed by atoms with van der Waals surface area (Å²) in [4.78, 5) is 11.4. The van der Waals surface area contributed by atoms with Crippen LogP contribution in [0, 0.1) is 5.92 Å². The molecule has 0 aliphatic carbocycles. The van der Waals surface area contributed by atoms with Crippen LogP contribution in [0.1, 0.15) is 19.4 Å². The maximum atomic E-state index is 12.0. The van der Waals surface area contributed by atoms with E-state index in [-0.39, 0.29) is 18.1 Å². The Morgan fingerprint density at radius 2 is 2.00 bits per heavy atom. The van der Waals surface area contributed by atoms with E-state index in [1.807, 2.05) is 0 Å². The third kappa shape index (κ3) is 5.20. The van der Waals surface area contributed by atoms with Crippen LogP contribution in [0.15, 0.2) is 24.3 Å². The summed E-state index contributed by atoms with van der Waals surface area (Å²) in [7, 11) is -3.40. The van der Waals surface area contributed by atoms with E-state index < -0.39 is 21.7 Å². The fourth-order valence-corrected chi connectivity index (χ4v) is 3.67. The van der Waals surface area contributed by atoms with Crippen LogP contribution in [0.2, 0.25) is 5.02 Å². The molecule has 0 heterocycles. The molecule has 6 heteroatoms. The van der Waals surface area contributed by atoms with Crippen LogP contribution in [-0.2, 0) is 25.1 Å². The summed E-state index contributed by atoms with van der Waals surface area (Å²) in [5.41, 5.74) is 0.542. The molecule has 19 heavy (non-hydrogen) atoms. The van der Waals surface area contributed by atoms with E-state index in [9.17, 15) is 13.2 Å². The fourth-order valence-electron chi connectivity index (χ4n) is 1.64. The first-order valence-electron chi connectivity index (χ1n) is 5.96. The second-order valence-electron chi connectivity index (χ2n) is 4.30. The molecule has 0 amide bonds. The number of carbonyl (C=O) groups is 1. The molecule has 0 aliphatic heterocycles. The second kappa shape index (κ2) is 6.91. The van der Waals surface area contributed by atoms with Crippen LogP contribution in [0.4, 0.5) is 0 Å². The zero-order chi connectivity index (χ0) is 14.5. The molecule has 1 aromatic carbocycles. The van der Waals surface area contributed by atoms with Crippen molar-refractivity contribution in [2.24, 2.45) is 5.92 Å². The van der Waals surface area contributed by atoms with E-state index in [0.717, 1.165) is 0 Å². The summed E-state index contributed by atoms with van der Waals surface area (Å²) in [6.45, 7) is 3.47. The molecule has 0 N–H and O–H groups in total. The molecule has 0 radical (unpaired) electrons. The lowest BCUT2D eigenvalue weighted by Gasteiger charge is -2.11. The molecular formula is C13H17ClO4S. The van der Waals surface area contributed by atoms with E-state index >= 15 is 0 Å². The Bertz CT molecular complexity index is 539. The summed E-state index contributed by atoms with van der Waals surface area (Å²) < 4.78 is 28.8. The first-order valence-corrected chi connectivity index (χ1v) is 8.16. The van der Waals surface area contributed by atoms with Gasteiger partial charge in [0.05, 0.1) is 24.0 Å². The second-order valence-corrected chi connectivity index (χ2v) is 6.82. The summed E-state index contributed by atoms with van der Waals surface area (Å²) >= 11 is 5.92. The number of hydrogen-bond acceptors (Lipinski definition) is 4. The van der Waals surface area contributed by atoms with E-state index in [4.69, 9.17) is 16.3 Å². The molecule has 0 fully saturated rings. The van der Waals surface area contributed by atoms with Gasteiger partial charge in [-0.1, -0.05) is 36.7 Å². The van der Waals surface area contributed by atoms with Crippen LogP contribution in [0.25, 0.3) is 0 Å². The van der Waals surface area contributed by atoms with E-state index in [1.165, 1.54) is 0 Å². The Labute approximate surface area is 118 Å². The van der Waals surface area contributed by atoms with Crippen LogP contribution in [0.3, 0.4) is 0 Å². The van der Waals surface area contributed by atoms with Gasteiger partial charge in [-0.25, -0.2) is 8.42 Å². The van der Waals surface area contributed by atoms with Gasteiger partial charge in [0.15, 0.2) is 9.84 Å². The van der Waals surface area contributed by atoms with E-state index in [2.05, 4.69) is 0 Å². The van der Waals surface area contributed by atoms with Crippen molar-refractivity contribution in [1.29, 1.82) is 0 Å². The maximum absolute atomic E-state index is 12.0. The highest BCUT2D eigenvalue weighted by molar-refractivity contribution is 7.90. The molecule has 1 aromatic rings. The number of rotatable bonds is 6. The molecule has 1 rings (SSSR count). The minimum absolute atomic E-state index is 0.170. The Hall–Kier alpha value is -1.07. The smallest absolute Gasteiger partial charge is 0.309 e. The van der Waals surface area contributed by atoms with Gasteiger partial charge in [0, 0.05) is 5.02 Å². The lowest BCUT2D eigenvalue weighted by Crippen LogP contribution is -2.24.